The van der Waals surface area contributed by atoms with Crippen molar-refractivity contribution in [2.24, 2.45) is 5.92 Å². The number of para-hydroxylation sites is 1. The first-order valence-electron chi connectivity index (χ1n) is 7.88. The highest BCUT2D eigenvalue weighted by molar-refractivity contribution is 5.85. The van der Waals surface area contributed by atoms with Crippen LogP contribution in [0, 0.1) is 5.92 Å². The summed E-state index contributed by atoms with van der Waals surface area (Å²) < 4.78 is 5.81. The zero-order chi connectivity index (χ0) is 15.1. The molecule has 4 nitrogen and oxygen atoms in total. The van der Waals surface area contributed by atoms with Gasteiger partial charge in [-0.1, -0.05) is 38.5 Å². The number of hydrogen-bond donors (Lipinski definition) is 2. The van der Waals surface area contributed by atoms with Crippen LogP contribution in [0.15, 0.2) is 24.3 Å². The number of carbonyl (C=O) groups is 1. The Hall–Kier alpha value is -1.26. The molecular formula is C17H27ClN2O2. The van der Waals surface area contributed by atoms with Crippen LogP contribution in [-0.4, -0.2) is 25.1 Å². The van der Waals surface area contributed by atoms with Crippen LogP contribution in [-0.2, 0) is 11.3 Å². The molecule has 2 rings (SSSR count). The zero-order valence-electron chi connectivity index (χ0n) is 13.4. The van der Waals surface area contributed by atoms with E-state index in [4.69, 9.17) is 4.74 Å². The monoisotopic (exact) mass is 326 g/mol. The van der Waals surface area contributed by atoms with E-state index >= 15 is 0 Å². The third kappa shape index (κ3) is 5.85. The maximum atomic E-state index is 12.1. The molecule has 1 atom stereocenters. The fraction of sp³-hybridized carbons (Fsp3) is 0.588. The van der Waals surface area contributed by atoms with E-state index in [9.17, 15) is 4.79 Å². The molecular weight excluding hydrogens is 300 g/mol. The van der Waals surface area contributed by atoms with E-state index in [0.29, 0.717) is 19.1 Å². The Morgan fingerprint density at radius 3 is 2.82 bits per heavy atom. The highest BCUT2D eigenvalue weighted by Crippen LogP contribution is 2.18. The first kappa shape index (κ1) is 18.8. The van der Waals surface area contributed by atoms with Gasteiger partial charge in [-0.05, 0) is 31.4 Å². The minimum absolute atomic E-state index is 0. The topological polar surface area (TPSA) is 50.4 Å². The lowest BCUT2D eigenvalue weighted by Crippen LogP contribution is -2.46. The highest BCUT2D eigenvalue weighted by atomic mass is 35.5. The summed E-state index contributed by atoms with van der Waals surface area (Å²) in [4.78, 5) is 12.1. The Kier molecular flexibility index (Phi) is 8.28. The summed E-state index contributed by atoms with van der Waals surface area (Å²) in [7, 11) is 0. The van der Waals surface area contributed by atoms with Crippen LogP contribution < -0.4 is 15.4 Å². The molecule has 1 fully saturated rings. The molecule has 5 heteroatoms. The molecule has 0 aliphatic carbocycles. The van der Waals surface area contributed by atoms with Crippen molar-refractivity contribution in [1.29, 1.82) is 0 Å². The summed E-state index contributed by atoms with van der Waals surface area (Å²) in [5.74, 6) is 1.44. The van der Waals surface area contributed by atoms with Crippen LogP contribution in [0.4, 0.5) is 0 Å². The first-order chi connectivity index (χ1) is 10.2. The van der Waals surface area contributed by atoms with Crippen LogP contribution >= 0.6 is 12.4 Å². The number of carbonyl (C=O) groups excluding carboxylic acids is 1. The number of piperidine rings is 1. The summed E-state index contributed by atoms with van der Waals surface area (Å²) in [6.07, 6.45) is 3.21. The quantitative estimate of drug-likeness (QED) is 0.845. The van der Waals surface area contributed by atoms with Gasteiger partial charge in [0.1, 0.15) is 5.75 Å². The number of hydrogen-bond acceptors (Lipinski definition) is 3. The molecule has 1 heterocycles. The molecule has 124 valence electrons. The molecule has 0 saturated carbocycles. The number of amides is 1. The smallest absolute Gasteiger partial charge is 0.237 e. The van der Waals surface area contributed by atoms with Gasteiger partial charge in [-0.3, -0.25) is 4.79 Å². The number of halogens is 1. The third-order valence-electron chi connectivity index (χ3n) is 3.62. The highest BCUT2D eigenvalue weighted by Gasteiger charge is 2.20. The second kappa shape index (κ2) is 9.70. The number of nitrogens with one attached hydrogen (secondary N) is 2. The van der Waals surface area contributed by atoms with Crippen molar-refractivity contribution in [2.75, 3.05) is 13.2 Å². The summed E-state index contributed by atoms with van der Waals surface area (Å²) >= 11 is 0. The predicted octanol–water partition coefficient (Wildman–Crippen LogP) is 2.90. The molecule has 2 N–H and O–H groups in total. The minimum atomic E-state index is -0.0394. The second-order valence-corrected chi connectivity index (χ2v) is 6.03. The van der Waals surface area contributed by atoms with Gasteiger partial charge in [-0.15, -0.1) is 12.4 Å². The van der Waals surface area contributed by atoms with Crippen molar-refractivity contribution in [2.45, 2.75) is 45.7 Å². The molecule has 22 heavy (non-hydrogen) atoms. The van der Waals surface area contributed by atoms with E-state index in [-0.39, 0.29) is 24.4 Å². The van der Waals surface area contributed by atoms with Crippen LogP contribution in [0.25, 0.3) is 0 Å². The van der Waals surface area contributed by atoms with Crippen LogP contribution in [0.5, 0.6) is 5.75 Å². The van der Waals surface area contributed by atoms with Crippen molar-refractivity contribution >= 4 is 18.3 Å². The Morgan fingerprint density at radius 1 is 1.36 bits per heavy atom. The van der Waals surface area contributed by atoms with E-state index in [1.807, 2.05) is 24.3 Å². The summed E-state index contributed by atoms with van der Waals surface area (Å²) in [6, 6.07) is 7.86. The first-order valence-corrected chi connectivity index (χ1v) is 7.88. The maximum absolute atomic E-state index is 12.1. The molecule has 1 aliphatic heterocycles. The average molecular weight is 327 g/mol. The van der Waals surface area contributed by atoms with E-state index < -0.39 is 0 Å². The van der Waals surface area contributed by atoms with Gasteiger partial charge in [0.25, 0.3) is 0 Å². The molecule has 0 radical (unpaired) electrons. The summed E-state index contributed by atoms with van der Waals surface area (Å²) in [5, 5.41) is 6.28. The molecule has 0 bridgehead atoms. The zero-order valence-corrected chi connectivity index (χ0v) is 14.2. The SMILES string of the molecule is CC(C)COc1ccccc1CNC(=O)C1CCCCN1.Cl. The third-order valence-corrected chi connectivity index (χ3v) is 3.62. The Bertz CT molecular complexity index is 460. The number of benzene rings is 1. The van der Waals surface area contributed by atoms with E-state index in [2.05, 4.69) is 24.5 Å². The van der Waals surface area contributed by atoms with Gasteiger partial charge in [0.05, 0.1) is 12.6 Å². The fourth-order valence-corrected chi connectivity index (χ4v) is 2.43. The minimum Gasteiger partial charge on any atom is -0.493 e. The van der Waals surface area contributed by atoms with Gasteiger partial charge in [0, 0.05) is 12.1 Å². The maximum Gasteiger partial charge on any atom is 0.237 e. The van der Waals surface area contributed by atoms with Crippen molar-refractivity contribution in [3.63, 3.8) is 0 Å². The number of ether oxygens (including phenoxy) is 1. The van der Waals surface area contributed by atoms with Crippen LogP contribution in [0.3, 0.4) is 0 Å². The predicted molar refractivity (Wildman–Crippen MR) is 91.5 cm³/mol. The molecule has 1 unspecified atom stereocenters. The Balaban J connectivity index is 0.00000242. The van der Waals surface area contributed by atoms with Crippen LogP contribution in [0.2, 0.25) is 0 Å². The van der Waals surface area contributed by atoms with E-state index in [1.165, 1.54) is 0 Å². The molecule has 1 aliphatic rings. The normalized spacial score (nSPS) is 17.7. The molecule has 1 saturated heterocycles. The standard InChI is InChI=1S/C17H26N2O2.ClH/c1-13(2)12-21-16-9-4-3-7-14(16)11-19-17(20)15-8-5-6-10-18-15;/h3-4,7,9,13,15,18H,5-6,8,10-12H2,1-2H3,(H,19,20);1H. The molecule has 1 aromatic carbocycles. The van der Waals surface area contributed by atoms with Crippen molar-refractivity contribution in [3.05, 3.63) is 29.8 Å². The number of rotatable bonds is 6. The van der Waals surface area contributed by atoms with Gasteiger partial charge < -0.3 is 15.4 Å². The lowest BCUT2D eigenvalue weighted by molar-refractivity contribution is -0.123. The van der Waals surface area contributed by atoms with E-state index in [1.54, 1.807) is 0 Å². The second-order valence-electron chi connectivity index (χ2n) is 6.03. The summed E-state index contributed by atoms with van der Waals surface area (Å²) in [5.41, 5.74) is 1.03. The van der Waals surface area contributed by atoms with Crippen molar-refractivity contribution in [3.8, 4) is 5.75 Å². The van der Waals surface area contributed by atoms with Gasteiger partial charge in [0.2, 0.25) is 5.91 Å². The van der Waals surface area contributed by atoms with Gasteiger partial charge in [-0.2, -0.15) is 0 Å². The largest absolute Gasteiger partial charge is 0.493 e. The van der Waals surface area contributed by atoms with Gasteiger partial charge >= 0.3 is 0 Å². The molecule has 1 amide bonds. The lowest BCUT2D eigenvalue weighted by atomic mass is 10.0. The fourth-order valence-electron chi connectivity index (χ4n) is 2.43. The van der Waals surface area contributed by atoms with Crippen molar-refractivity contribution in [1.82, 2.24) is 10.6 Å². The Labute approximate surface area is 139 Å². The lowest BCUT2D eigenvalue weighted by Gasteiger charge is -2.22. The summed E-state index contributed by atoms with van der Waals surface area (Å²) in [6.45, 7) is 6.39. The Morgan fingerprint density at radius 2 is 2.14 bits per heavy atom. The molecule has 0 spiro atoms. The van der Waals surface area contributed by atoms with Crippen LogP contribution in [0.1, 0.15) is 38.7 Å². The van der Waals surface area contributed by atoms with E-state index in [0.717, 1.165) is 37.1 Å². The van der Waals surface area contributed by atoms with Gasteiger partial charge in [0.15, 0.2) is 0 Å². The van der Waals surface area contributed by atoms with Crippen molar-refractivity contribution < 1.29 is 9.53 Å². The molecule has 1 aromatic rings. The molecule has 0 aromatic heterocycles. The average Bonchev–Trinajstić information content (AvgIpc) is 2.52. The van der Waals surface area contributed by atoms with Gasteiger partial charge in [-0.25, -0.2) is 0 Å².